The average molecular weight is 449 g/mol. The fraction of sp³-hybridized carbons (Fsp3) is 0.526. The summed E-state index contributed by atoms with van der Waals surface area (Å²) in [7, 11) is 0. The molecule has 2 heterocycles. The second-order valence-electron chi connectivity index (χ2n) is 9.05. The van der Waals surface area contributed by atoms with Crippen LogP contribution >= 0.6 is 0 Å². The van der Waals surface area contributed by atoms with Crippen molar-refractivity contribution in [3.63, 3.8) is 0 Å². The highest BCUT2D eigenvalue weighted by Crippen LogP contribution is 2.63. The molecule has 1 saturated carbocycles. The molecule has 0 unspecified atom stereocenters. The van der Waals surface area contributed by atoms with E-state index in [1.165, 1.54) is 6.92 Å². The molecule has 174 valence electrons. The molecule has 0 aromatic heterocycles. The molecule has 1 aromatic carbocycles. The summed E-state index contributed by atoms with van der Waals surface area (Å²) in [6, 6.07) is 3.26. The molecule has 1 aromatic rings. The number of hydrogen-bond acceptors (Lipinski definition) is 9. The zero-order valence-electron chi connectivity index (χ0n) is 17.5. The average Bonchev–Trinajstić information content (AvgIpc) is 3.45. The van der Waals surface area contributed by atoms with E-state index in [4.69, 9.17) is 20.9 Å². The molecule has 0 spiro atoms. The third-order valence-electron chi connectivity index (χ3n) is 6.16. The van der Waals surface area contributed by atoms with E-state index >= 15 is 0 Å². The Bertz CT molecular complexity index is 978. The second-order valence-corrected chi connectivity index (χ2v) is 9.05. The van der Waals surface area contributed by atoms with E-state index in [0.717, 1.165) is 0 Å². The van der Waals surface area contributed by atoms with Gasteiger partial charge in [0.2, 0.25) is 11.8 Å². The number of aromatic carboxylic acids is 1. The minimum atomic E-state index is -3.11. The standard InChI is InChI=1S/C19H26BN4O8/c1-19(22,18(28)23-5-14(21)25)8-24-6-9(7-24)31-13-3-2-10-11-4-12(11)20(29,30)32-16(10)15(13)17(26)27/h2-3,9,11-12,29-30H,4-8,22H2,1H3,(H2,21,25)(H,23,28)(H,26,27)/q-1/t11-,12-,19+/m0/s1. The molecule has 2 aliphatic heterocycles. The number of carbonyl (C=O) groups is 3. The Morgan fingerprint density at radius 2 is 2.03 bits per heavy atom. The van der Waals surface area contributed by atoms with Gasteiger partial charge in [-0.15, -0.1) is 0 Å². The van der Waals surface area contributed by atoms with Gasteiger partial charge in [0.15, 0.2) is 0 Å². The number of likely N-dealkylation sites (tertiary alicyclic amines) is 1. The van der Waals surface area contributed by atoms with Crippen molar-refractivity contribution >= 4 is 24.5 Å². The molecular formula is C19H26BN4O8-. The van der Waals surface area contributed by atoms with E-state index < -0.39 is 35.9 Å². The minimum Gasteiger partial charge on any atom is -0.669 e. The van der Waals surface area contributed by atoms with Gasteiger partial charge in [-0.3, -0.25) is 14.5 Å². The predicted octanol–water partition coefficient (Wildman–Crippen LogP) is -2.06. The topological polar surface area (TPSA) is 198 Å². The van der Waals surface area contributed by atoms with Crippen LogP contribution in [0, 0.1) is 0 Å². The van der Waals surface area contributed by atoms with Gasteiger partial charge in [0.25, 0.3) is 0 Å². The summed E-state index contributed by atoms with van der Waals surface area (Å²) in [5.74, 6) is -3.02. The number of amides is 2. The van der Waals surface area contributed by atoms with Crippen LogP contribution in [0.5, 0.6) is 11.5 Å². The lowest BCUT2D eigenvalue weighted by atomic mass is 9.68. The molecule has 13 heteroatoms. The zero-order chi connectivity index (χ0) is 23.4. The fourth-order valence-corrected chi connectivity index (χ4v) is 4.42. The maximum Gasteiger partial charge on any atom is 0.434 e. The molecule has 1 saturated heterocycles. The number of rotatable bonds is 8. The van der Waals surface area contributed by atoms with Gasteiger partial charge >= 0.3 is 12.7 Å². The number of carboxylic acids is 1. The number of ether oxygens (including phenoxy) is 1. The molecule has 0 radical (unpaired) electrons. The van der Waals surface area contributed by atoms with Crippen LogP contribution in [0.15, 0.2) is 12.1 Å². The normalized spacial score (nSPS) is 25.2. The Labute approximate surface area is 183 Å². The van der Waals surface area contributed by atoms with Crippen LogP contribution in [0.25, 0.3) is 0 Å². The van der Waals surface area contributed by atoms with Crippen LogP contribution in [0.4, 0.5) is 0 Å². The first-order valence-electron chi connectivity index (χ1n) is 10.3. The van der Waals surface area contributed by atoms with Gasteiger partial charge in [0, 0.05) is 19.6 Å². The van der Waals surface area contributed by atoms with E-state index in [1.54, 1.807) is 12.1 Å². The Morgan fingerprint density at radius 1 is 1.34 bits per heavy atom. The maximum absolute atomic E-state index is 12.1. The fourth-order valence-electron chi connectivity index (χ4n) is 4.42. The van der Waals surface area contributed by atoms with E-state index in [9.17, 15) is 29.5 Å². The van der Waals surface area contributed by atoms with E-state index in [0.29, 0.717) is 25.1 Å². The highest BCUT2D eigenvalue weighted by molar-refractivity contribution is 6.62. The molecule has 1 aliphatic carbocycles. The lowest BCUT2D eigenvalue weighted by Crippen LogP contribution is -2.64. The van der Waals surface area contributed by atoms with Crippen molar-refractivity contribution in [3.05, 3.63) is 23.3 Å². The first-order valence-corrected chi connectivity index (χ1v) is 10.3. The van der Waals surface area contributed by atoms with Crippen molar-refractivity contribution in [2.24, 2.45) is 11.5 Å². The smallest absolute Gasteiger partial charge is 0.434 e. The van der Waals surface area contributed by atoms with Crippen molar-refractivity contribution in [2.45, 2.75) is 36.7 Å². The van der Waals surface area contributed by atoms with Crippen molar-refractivity contribution in [1.29, 1.82) is 0 Å². The number of benzene rings is 1. The molecule has 0 bridgehead atoms. The molecule has 12 nitrogen and oxygen atoms in total. The molecule has 8 N–H and O–H groups in total. The van der Waals surface area contributed by atoms with Gasteiger partial charge < -0.3 is 41.3 Å². The minimum absolute atomic E-state index is 0.0596. The maximum atomic E-state index is 12.1. The first-order chi connectivity index (χ1) is 14.9. The van der Waals surface area contributed by atoms with E-state index in [2.05, 4.69) is 5.32 Å². The van der Waals surface area contributed by atoms with E-state index in [1.807, 2.05) is 4.90 Å². The van der Waals surface area contributed by atoms with Gasteiger partial charge in [-0.05, 0) is 24.5 Å². The molecule has 3 aliphatic rings. The van der Waals surface area contributed by atoms with Gasteiger partial charge in [-0.2, -0.15) is 0 Å². The number of nitrogens with zero attached hydrogens (tertiary/aromatic N) is 1. The van der Waals surface area contributed by atoms with Gasteiger partial charge in [0.05, 0.1) is 12.3 Å². The molecule has 3 atom stereocenters. The summed E-state index contributed by atoms with van der Waals surface area (Å²) in [6.07, 6.45) is 0.174. The highest BCUT2D eigenvalue weighted by atomic mass is 16.6. The molecule has 2 fully saturated rings. The van der Waals surface area contributed by atoms with Crippen LogP contribution in [-0.4, -0.2) is 82.4 Å². The van der Waals surface area contributed by atoms with Crippen molar-refractivity contribution in [2.75, 3.05) is 26.2 Å². The summed E-state index contributed by atoms with van der Waals surface area (Å²) in [6.45, 7) is -0.903. The Morgan fingerprint density at radius 3 is 2.66 bits per heavy atom. The first kappa shape index (κ1) is 22.3. The summed E-state index contributed by atoms with van der Waals surface area (Å²) in [4.78, 5) is 36.7. The van der Waals surface area contributed by atoms with Crippen LogP contribution in [0.3, 0.4) is 0 Å². The molecule has 32 heavy (non-hydrogen) atoms. The number of nitrogens with one attached hydrogen (secondary N) is 1. The number of nitrogens with two attached hydrogens (primary N) is 2. The van der Waals surface area contributed by atoms with E-state index in [-0.39, 0.29) is 42.2 Å². The number of carboxylic acid groups (broad SMARTS) is 1. The highest BCUT2D eigenvalue weighted by Gasteiger charge is 2.55. The molecule has 2 amide bonds. The van der Waals surface area contributed by atoms with Gasteiger partial charge in [-0.25, -0.2) is 4.79 Å². The monoisotopic (exact) mass is 449 g/mol. The SMILES string of the molecule is C[C@@](N)(CN1CC(Oc2ccc3c(c2C(=O)O)O[B-](O)(O)[C@H]2C[C@@H]32)C1)C(=O)NCC(N)=O. The van der Waals surface area contributed by atoms with Crippen molar-refractivity contribution < 1.29 is 38.9 Å². The molecular weight excluding hydrogens is 423 g/mol. The number of fused-ring (bicyclic) bond motifs is 3. The number of primary amides is 1. The quantitative estimate of drug-likeness (QED) is 0.240. The second kappa shape index (κ2) is 7.62. The van der Waals surface area contributed by atoms with Gasteiger partial charge in [0.1, 0.15) is 23.0 Å². The summed E-state index contributed by atoms with van der Waals surface area (Å²) in [5, 5.41) is 32.3. The Kier molecular flexibility index (Phi) is 5.32. The molecule has 4 rings (SSSR count). The Balaban J connectivity index is 1.40. The van der Waals surface area contributed by atoms with Crippen LogP contribution in [0.2, 0.25) is 5.82 Å². The van der Waals surface area contributed by atoms with Crippen LogP contribution < -0.4 is 26.2 Å². The Hall–Kier alpha value is -2.87. The van der Waals surface area contributed by atoms with Crippen LogP contribution in [0.1, 0.15) is 35.2 Å². The summed E-state index contributed by atoms with van der Waals surface area (Å²) >= 11 is 0. The third kappa shape index (κ3) is 4.11. The van der Waals surface area contributed by atoms with Crippen molar-refractivity contribution in [1.82, 2.24) is 10.2 Å². The third-order valence-corrected chi connectivity index (χ3v) is 6.16. The predicted molar refractivity (Wildman–Crippen MR) is 111 cm³/mol. The lowest BCUT2D eigenvalue weighted by Gasteiger charge is -2.43. The number of carbonyl (C=O) groups excluding carboxylic acids is 2. The number of hydrogen-bond donors (Lipinski definition) is 6. The summed E-state index contributed by atoms with van der Waals surface area (Å²) < 4.78 is 11.1. The summed E-state index contributed by atoms with van der Waals surface area (Å²) in [5.41, 5.74) is 10.2. The largest absolute Gasteiger partial charge is 0.669 e. The van der Waals surface area contributed by atoms with Crippen molar-refractivity contribution in [3.8, 4) is 11.5 Å². The zero-order valence-corrected chi connectivity index (χ0v) is 17.5. The van der Waals surface area contributed by atoms with Gasteiger partial charge in [-0.1, -0.05) is 18.3 Å². The lowest BCUT2D eigenvalue weighted by molar-refractivity contribution is -0.129. The van der Waals surface area contributed by atoms with Crippen LogP contribution in [-0.2, 0) is 9.59 Å².